The maximum Gasteiger partial charge on any atom is 0.333 e. The molecule has 0 saturated carbocycles. The number of hydrogen-bond acceptors (Lipinski definition) is 8. The maximum atomic E-state index is 11.1. The quantitative estimate of drug-likeness (QED) is 0.315. The highest BCUT2D eigenvalue weighted by Gasteiger charge is 2.13. The van der Waals surface area contributed by atoms with Crippen molar-refractivity contribution in [3.05, 3.63) is 24.3 Å². The molecule has 0 aliphatic rings. The van der Waals surface area contributed by atoms with Crippen molar-refractivity contribution >= 4 is 23.9 Å². The molecule has 0 aromatic carbocycles. The van der Waals surface area contributed by atoms with Crippen molar-refractivity contribution in [2.24, 2.45) is 0 Å². The summed E-state index contributed by atoms with van der Waals surface area (Å²) in [5, 5.41) is 0. The summed E-state index contributed by atoms with van der Waals surface area (Å²) in [6, 6.07) is 0. The van der Waals surface area contributed by atoms with Crippen LogP contribution in [0.15, 0.2) is 24.3 Å². The van der Waals surface area contributed by atoms with Crippen LogP contribution < -0.4 is 0 Å². The molecule has 4 atom stereocenters. The van der Waals surface area contributed by atoms with E-state index in [0.29, 0.717) is 0 Å². The fourth-order valence-corrected chi connectivity index (χ4v) is 1.22. The monoisotopic (exact) mass is 396 g/mol. The number of carbonyl (C=O) groups excluding carboxylic acids is 4. The molecule has 0 heterocycles. The molecular formula is C19H32O8. The Morgan fingerprint density at radius 3 is 1.15 bits per heavy atom. The van der Waals surface area contributed by atoms with E-state index in [2.05, 4.69) is 32.1 Å². The number of esters is 4. The second kappa shape index (κ2) is 18.2. The standard InChI is InChI=1S/2C9H14O4.CH4/c2*1-4-12-8(10)6-7(3)9(11)13-5-2;/h2*3-6H2,1-2H3;1H4/i2*4T,5T;. The van der Waals surface area contributed by atoms with Gasteiger partial charge >= 0.3 is 23.9 Å². The van der Waals surface area contributed by atoms with Gasteiger partial charge in [-0.2, -0.15) is 0 Å². The number of ether oxygens (including phenoxy) is 4. The summed E-state index contributed by atoms with van der Waals surface area (Å²) in [5.74, 6) is -3.02. The van der Waals surface area contributed by atoms with Crippen LogP contribution in [0.25, 0.3) is 0 Å². The zero-order chi connectivity index (χ0) is 24.0. The van der Waals surface area contributed by atoms with E-state index in [0.717, 1.165) is 0 Å². The lowest BCUT2D eigenvalue weighted by atomic mass is 10.2. The van der Waals surface area contributed by atoms with E-state index in [1.54, 1.807) is 0 Å². The van der Waals surface area contributed by atoms with Gasteiger partial charge < -0.3 is 18.9 Å². The largest absolute Gasteiger partial charge is 0.466 e. The summed E-state index contributed by atoms with van der Waals surface area (Å²) in [6.45, 7) is 8.22. The van der Waals surface area contributed by atoms with Crippen molar-refractivity contribution < 1.29 is 43.6 Å². The van der Waals surface area contributed by atoms with Gasteiger partial charge in [0, 0.05) is 11.1 Å². The first-order valence-corrected chi connectivity index (χ1v) is 7.51. The second-order valence-corrected chi connectivity index (χ2v) is 4.29. The zero-order valence-corrected chi connectivity index (χ0v) is 15.4. The van der Waals surface area contributed by atoms with Gasteiger partial charge in [0.15, 0.2) is 0 Å². The van der Waals surface area contributed by atoms with Crippen LogP contribution in [0.1, 0.15) is 53.4 Å². The van der Waals surface area contributed by atoms with Gasteiger partial charge in [-0.15, -0.1) is 0 Å². The molecule has 8 heteroatoms. The highest BCUT2D eigenvalue weighted by atomic mass is 16.5. The van der Waals surface area contributed by atoms with Gasteiger partial charge in [-0.25, -0.2) is 9.59 Å². The molecule has 0 N–H and O–H groups in total. The first-order valence-electron chi connectivity index (χ1n) is 9.82. The van der Waals surface area contributed by atoms with E-state index in [9.17, 15) is 19.2 Å². The third kappa shape index (κ3) is 16.6. The van der Waals surface area contributed by atoms with Crippen molar-refractivity contribution in [1.82, 2.24) is 0 Å². The van der Waals surface area contributed by atoms with Crippen LogP contribution in [0.3, 0.4) is 0 Å². The van der Waals surface area contributed by atoms with Crippen LogP contribution in [0.2, 0.25) is 0 Å². The Hall–Kier alpha value is -2.64. The first-order chi connectivity index (χ1) is 13.6. The molecule has 4 unspecified atom stereocenters. The third-order valence-corrected chi connectivity index (χ3v) is 2.24. The topological polar surface area (TPSA) is 105 Å². The Morgan fingerprint density at radius 2 is 0.926 bits per heavy atom. The molecule has 27 heavy (non-hydrogen) atoms. The van der Waals surface area contributed by atoms with Crippen molar-refractivity contribution in [3.8, 4) is 0 Å². The van der Waals surface area contributed by atoms with Crippen LogP contribution in [-0.4, -0.2) is 50.2 Å². The molecule has 0 fully saturated rings. The van der Waals surface area contributed by atoms with Crippen LogP contribution >= 0.6 is 0 Å². The van der Waals surface area contributed by atoms with Gasteiger partial charge in [-0.3, -0.25) is 9.59 Å². The van der Waals surface area contributed by atoms with E-state index in [1.807, 2.05) is 0 Å². The molecule has 0 radical (unpaired) electrons. The Labute approximate surface area is 167 Å². The highest BCUT2D eigenvalue weighted by Crippen LogP contribution is 2.03. The summed E-state index contributed by atoms with van der Waals surface area (Å²) in [4.78, 5) is 44.1. The van der Waals surface area contributed by atoms with Gasteiger partial charge in [-0.05, 0) is 27.7 Å². The number of rotatable bonds is 10. The van der Waals surface area contributed by atoms with E-state index in [1.165, 1.54) is 27.7 Å². The van der Waals surface area contributed by atoms with Crippen molar-refractivity contribution in [1.29, 1.82) is 0 Å². The van der Waals surface area contributed by atoms with Gasteiger partial charge in [0.25, 0.3) is 0 Å². The normalized spacial score (nSPS) is 15.6. The van der Waals surface area contributed by atoms with E-state index in [4.69, 9.17) is 5.48 Å². The van der Waals surface area contributed by atoms with Gasteiger partial charge in [0.1, 0.15) is 0 Å². The molecule has 0 aliphatic heterocycles. The van der Waals surface area contributed by atoms with Crippen molar-refractivity contribution in [2.75, 3.05) is 26.3 Å². The van der Waals surface area contributed by atoms with Crippen LogP contribution in [0.4, 0.5) is 0 Å². The zero-order valence-electron chi connectivity index (χ0n) is 19.4. The summed E-state index contributed by atoms with van der Waals surface area (Å²) >= 11 is 0. The van der Waals surface area contributed by atoms with Crippen LogP contribution in [-0.2, 0) is 38.1 Å². The highest BCUT2D eigenvalue weighted by molar-refractivity contribution is 5.93. The molecule has 0 spiro atoms. The summed E-state index contributed by atoms with van der Waals surface area (Å²) in [7, 11) is 0. The van der Waals surface area contributed by atoms with Gasteiger partial charge in [-0.1, -0.05) is 20.6 Å². The van der Waals surface area contributed by atoms with E-state index < -0.39 is 50.2 Å². The number of carbonyl (C=O) groups is 4. The SMILES string of the molecule is C.[3H]C(C)OC(=O)CC(=C)C(=O)OC([3H])C.[3H]C(C)OC(=O)CC(=C)C(=O)OC([3H])C. The third-order valence-electron chi connectivity index (χ3n) is 2.24. The summed E-state index contributed by atoms with van der Waals surface area (Å²) < 4.78 is 45.8. The molecule has 156 valence electrons. The molecule has 0 aromatic rings. The molecule has 0 rings (SSSR count). The average molecular weight is 396 g/mol. The van der Waals surface area contributed by atoms with Gasteiger partial charge in [0.2, 0.25) is 0 Å². The smallest absolute Gasteiger partial charge is 0.333 e. The van der Waals surface area contributed by atoms with Crippen molar-refractivity contribution in [2.45, 2.75) is 48.0 Å². The predicted molar refractivity (Wildman–Crippen MR) is 101 cm³/mol. The lowest BCUT2D eigenvalue weighted by Gasteiger charge is -2.04. The molecule has 0 bridgehead atoms. The Morgan fingerprint density at radius 1 is 0.667 bits per heavy atom. The summed E-state index contributed by atoms with van der Waals surface area (Å²) in [5.41, 5.74) is -0.167. The molecule has 0 aromatic heterocycles. The lowest BCUT2D eigenvalue weighted by Crippen LogP contribution is -2.12. The fourth-order valence-electron chi connectivity index (χ4n) is 1.22. The number of hydrogen-bond donors (Lipinski definition) is 0. The average Bonchev–Trinajstić information content (AvgIpc) is 2.52. The minimum absolute atomic E-state index is 0. The van der Waals surface area contributed by atoms with Crippen LogP contribution in [0.5, 0.6) is 0 Å². The minimum atomic E-state index is -1.000. The molecule has 0 aliphatic carbocycles. The fraction of sp³-hybridized carbons (Fsp3) is 0.579. The predicted octanol–water partition coefficient (Wildman–Crippen LogP) is 2.75. The molecule has 8 nitrogen and oxygen atoms in total. The van der Waals surface area contributed by atoms with E-state index in [-0.39, 0.29) is 31.4 Å². The Bertz CT molecular complexity index is 576. The summed E-state index contributed by atoms with van der Waals surface area (Å²) in [6.07, 6.45) is -0.649. The molecular weight excluding hydrogens is 356 g/mol. The van der Waals surface area contributed by atoms with Crippen LogP contribution in [0, 0.1) is 0 Å². The Kier molecular flexibility index (Phi) is 13.9. The van der Waals surface area contributed by atoms with Crippen molar-refractivity contribution in [3.63, 3.8) is 0 Å². The lowest BCUT2D eigenvalue weighted by molar-refractivity contribution is -0.145. The Balaban J connectivity index is -0.000000490. The van der Waals surface area contributed by atoms with E-state index >= 15 is 0 Å². The minimum Gasteiger partial charge on any atom is -0.466 e. The van der Waals surface area contributed by atoms with Gasteiger partial charge in [0.05, 0.1) is 44.7 Å². The second-order valence-electron chi connectivity index (χ2n) is 4.29. The first kappa shape index (κ1) is 20.7. The molecule has 0 amide bonds. The molecule has 0 saturated heterocycles. The maximum absolute atomic E-state index is 11.1.